The van der Waals surface area contributed by atoms with Gasteiger partial charge in [-0.05, 0) is 55.8 Å². The molecule has 1 aliphatic rings. The third-order valence-electron chi connectivity index (χ3n) is 5.52. The summed E-state index contributed by atoms with van der Waals surface area (Å²) in [6.07, 6.45) is 5.04. The second-order valence-corrected chi connectivity index (χ2v) is 8.70. The average Bonchev–Trinajstić information content (AvgIpc) is 3.22. The topological polar surface area (TPSA) is 55.6 Å². The van der Waals surface area contributed by atoms with Crippen LogP contribution in [0, 0.1) is 0 Å². The summed E-state index contributed by atoms with van der Waals surface area (Å²) in [7, 11) is 0. The Kier molecular flexibility index (Phi) is 5.16. The average molecular weight is 408 g/mol. The third kappa shape index (κ3) is 3.97. The maximum absolute atomic E-state index is 6.19. The molecule has 0 saturated carbocycles. The molecule has 0 N–H and O–H groups in total. The molecular formula is C22H25N5OS. The molecule has 0 radical (unpaired) electrons. The number of likely N-dealkylation sites (tertiary alicyclic amines) is 1. The van der Waals surface area contributed by atoms with Crippen molar-refractivity contribution < 1.29 is 4.74 Å². The normalized spacial score (nSPS) is 16.9. The zero-order valence-electron chi connectivity index (χ0n) is 16.6. The molecule has 6 nitrogen and oxygen atoms in total. The lowest BCUT2D eigenvalue weighted by molar-refractivity contribution is 0.225. The number of aromatic nitrogens is 4. The maximum Gasteiger partial charge on any atom is 0.234 e. The van der Waals surface area contributed by atoms with Gasteiger partial charge in [-0.25, -0.2) is 0 Å². The molecule has 1 saturated heterocycles. The summed E-state index contributed by atoms with van der Waals surface area (Å²) in [5.41, 5.74) is 0. The number of nitrogens with zero attached hydrogens (tertiary/aromatic N) is 5. The summed E-state index contributed by atoms with van der Waals surface area (Å²) >= 11 is 1.55. The van der Waals surface area contributed by atoms with Crippen LogP contribution >= 0.6 is 11.3 Å². The number of hydrogen-bond donors (Lipinski definition) is 0. The fourth-order valence-corrected chi connectivity index (χ4v) is 4.76. The Morgan fingerprint density at radius 2 is 1.79 bits per heavy atom. The largest absolute Gasteiger partial charge is 0.483 e. The molecule has 1 fully saturated rings. The molecule has 150 valence electrons. The summed E-state index contributed by atoms with van der Waals surface area (Å²) < 4.78 is 8.08. The molecule has 1 atom stereocenters. The van der Waals surface area contributed by atoms with Gasteiger partial charge in [-0.15, -0.1) is 10.2 Å². The smallest absolute Gasteiger partial charge is 0.234 e. The van der Waals surface area contributed by atoms with Gasteiger partial charge < -0.3 is 4.74 Å². The fraction of sp³-hybridized carbons (Fsp3) is 0.409. The Bertz CT molecular complexity index is 1110. The van der Waals surface area contributed by atoms with E-state index in [4.69, 9.17) is 9.84 Å². The minimum Gasteiger partial charge on any atom is -0.483 e. The van der Waals surface area contributed by atoms with Crippen molar-refractivity contribution in [3.05, 3.63) is 53.3 Å². The van der Waals surface area contributed by atoms with E-state index in [0.29, 0.717) is 0 Å². The second-order valence-electron chi connectivity index (χ2n) is 7.71. The summed E-state index contributed by atoms with van der Waals surface area (Å²) in [6, 6.07) is 14.5. The highest BCUT2D eigenvalue weighted by atomic mass is 32.1. The van der Waals surface area contributed by atoms with Crippen molar-refractivity contribution in [2.45, 2.75) is 45.3 Å². The number of benzene rings is 2. The first-order valence-electron chi connectivity index (χ1n) is 10.3. The molecule has 2 aromatic heterocycles. The first kappa shape index (κ1) is 18.5. The molecule has 4 aromatic rings. The first-order chi connectivity index (χ1) is 14.3. The zero-order valence-corrected chi connectivity index (χ0v) is 17.4. The van der Waals surface area contributed by atoms with Gasteiger partial charge in [-0.1, -0.05) is 54.5 Å². The van der Waals surface area contributed by atoms with Gasteiger partial charge >= 0.3 is 0 Å². The van der Waals surface area contributed by atoms with Gasteiger partial charge in [0, 0.05) is 0 Å². The molecular weight excluding hydrogens is 382 g/mol. The minimum absolute atomic E-state index is 0.145. The van der Waals surface area contributed by atoms with E-state index in [2.05, 4.69) is 39.4 Å². The van der Waals surface area contributed by atoms with Crippen LogP contribution in [0.4, 0.5) is 0 Å². The van der Waals surface area contributed by atoms with Crippen LogP contribution < -0.4 is 4.74 Å². The highest BCUT2D eigenvalue weighted by Gasteiger charge is 2.19. The summed E-state index contributed by atoms with van der Waals surface area (Å²) in [6.45, 7) is 5.11. The summed E-state index contributed by atoms with van der Waals surface area (Å²) in [5, 5.41) is 16.8. The first-order valence-corrected chi connectivity index (χ1v) is 11.2. The van der Waals surface area contributed by atoms with E-state index in [0.717, 1.165) is 41.2 Å². The van der Waals surface area contributed by atoms with Crippen LogP contribution in [0.25, 0.3) is 15.7 Å². The molecule has 0 spiro atoms. The third-order valence-corrected chi connectivity index (χ3v) is 6.58. The van der Waals surface area contributed by atoms with Crippen molar-refractivity contribution >= 4 is 27.1 Å². The highest BCUT2D eigenvalue weighted by molar-refractivity contribution is 7.16. The van der Waals surface area contributed by atoms with Crippen molar-refractivity contribution in [1.82, 2.24) is 24.7 Å². The van der Waals surface area contributed by atoms with Gasteiger partial charge in [0.15, 0.2) is 10.8 Å². The van der Waals surface area contributed by atoms with Gasteiger partial charge in [-0.2, -0.15) is 9.61 Å². The van der Waals surface area contributed by atoms with Crippen LogP contribution in [0.1, 0.15) is 49.5 Å². The molecule has 0 amide bonds. The van der Waals surface area contributed by atoms with Gasteiger partial charge in [0.05, 0.1) is 6.54 Å². The van der Waals surface area contributed by atoms with E-state index in [1.807, 2.05) is 29.6 Å². The quantitative estimate of drug-likeness (QED) is 0.473. The predicted molar refractivity (Wildman–Crippen MR) is 115 cm³/mol. The van der Waals surface area contributed by atoms with Gasteiger partial charge in [-0.3, -0.25) is 4.90 Å². The maximum atomic E-state index is 6.19. The SMILES string of the molecule is C[C@H](Oc1ccc2ccccc2c1)c1nn2c(CN3CCCCCC3)nnc2s1. The Morgan fingerprint density at radius 1 is 1.00 bits per heavy atom. The molecule has 7 heteroatoms. The van der Waals surface area contributed by atoms with Gasteiger partial charge in [0.1, 0.15) is 11.9 Å². The molecule has 2 aromatic carbocycles. The molecule has 29 heavy (non-hydrogen) atoms. The van der Waals surface area contributed by atoms with Gasteiger partial charge in [0.2, 0.25) is 4.96 Å². The number of hydrogen-bond acceptors (Lipinski definition) is 6. The van der Waals surface area contributed by atoms with E-state index in [-0.39, 0.29) is 6.10 Å². The van der Waals surface area contributed by atoms with Crippen molar-refractivity contribution in [3.8, 4) is 5.75 Å². The van der Waals surface area contributed by atoms with Crippen LogP contribution in [0.2, 0.25) is 0 Å². The molecule has 0 unspecified atom stereocenters. The van der Waals surface area contributed by atoms with Crippen LogP contribution in [-0.2, 0) is 6.54 Å². The standard InChI is InChI=1S/C22H25N5OS/c1-16(28-19-11-10-17-8-4-5-9-18(17)14-19)21-25-27-20(23-24-22(27)29-21)15-26-12-6-2-3-7-13-26/h4-5,8-11,14,16H,2-3,6-7,12-13,15H2,1H3/t16-/m0/s1. The van der Waals surface area contributed by atoms with Crippen molar-refractivity contribution in [2.75, 3.05) is 13.1 Å². The fourth-order valence-electron chi connectivity index (χ4n) is 3.92. The van der Waals surface area contributed by atoms with Crippen molar-refractivity contribution in [1.29, 1.82) is 0 Å². The Morgan fingerprint density at radius 3 is 2.62 bits per heavy atom. The number of fused-ring (bicyclic) bond motifs is 2. The molecule has 3 heterocycles. The van der Waals surface area contributed by atoms with Crippen LogP contribution in [0.5, 0.6) is 5.75 Å². The summed E-state index contributed by atoms with van der Waals surface area (Å²) in [4.78, 5) is 3.30. The molecule has 1 aliphatic heterocycles. The minimum atomic E-state index is -0.145. The number of rotatable bonds is 5. The molecule has 5 rings (SSSR count). The van der Waals surface area contributed by atoms with Crippen molar-refractivity contribution in [2.24, 2.45) is 0 Å². The Labute approximate surface area is 174 Å². The van der Waals surface area contributed by atoms with E-state index in [9.17, 15) is 0 Å². The van der Waals surface area contributed by atoms with E-state index in [1.165, 1.54) is 36.5 Å². The molecule has 0 bridgehead atoms. The zero-order chi connectivity index (χ0) is 19.6. The van der Waals surface area contributed by atoms with Gasteiger partial charge in [0.25, 0.3) is 0 Å². The molecule has 0 aliphatic carbocycles. The van der Waals surface area contributed by atoms with E-state index < -0.39 is 0 Å². The monoisotopic (exact) mass is 407 g/mol. The van der Waals surface area contributed by atoms with E-state index in [1.54, 1.807) is 11.3 Å². The lowest BCUT2D eigenvalue weighted by atomic mass is 10.1. The Hall–Kier alpha value is -2.51. The predicted octanol–water partition coefficient (Wildman–Crippen LogP) is 4.86. The second kappa shape index (κ2) is 8.08. The van der Waals surface area contributed by atoms with Crippen LogP contribution in [0.3, 0.4) is 0 Å². The van der Waals surface area contributed by atoms with Crippen LogP contribution in [0.15, 0.2) is 42.5 Å². The Balaban J connectivity index is 1.33. The van der Waals surface area contributed by atoms with Crippen LogP contribution in [-0.4, -0.2) is 37.8 Å². The summed E-state index contributed by atoms with van der Waals surface area (Å²) in [5.74, 6) is 1.77. The van der Waals surface area contributed by atoms with Crippen molar-refractivity contribution in [3.63, 3.8) is 0 Å². The lowest BCUT2D eigenvalue weighted by Gasteiger charge is -2.17. The number of ether oxygens (including phenoxy) is 1. The van der Waals surface area contributed by atoms with E-state index >= 15 is 0 Å². The highest BCUT2D eigenvalue weighted by Crippen LogP contribution is 2.28. The lowest BCUT2D eigenvalue weighted by Crippen LogP contribution is -2.25.